The molecule has 0 aromatic rings. The van der Waals surface area contributed by atoms with Crippen LogP contribution in [0.25, 0.3) is 0 Å². The largest absolute Gasteiger partial charge is 2.00 e. The smallest absolute Gasteiger partial charge is 0.550 e. The van der Waals surface area contributed by atoms with Crippen LogP contribution in [-0.4, -0.2) is 11.9 Å². The predicted molar refractivity (Wildman–Crippen MR) is 32.6 cm³/mol. The summed E-state index contributed by atoms with van der Waals surface area (Å²) in [6.45, 7) is 3.38. The van der Waals surface area contributed by atoms with Crippen molar-refractivity contribution < 1.29 is 40.2 Å². The summed E-state index contributed by atoms with van der Waals surface area (Å²) in [7, 11) is 0. The molecule has 0 heterocycles. The number of nitrogens with zero attached hydrogens (tertiary/aromatic N) is 1. The normalized spacial score (nSPS) is 4.83. The van der Waals surface area contributed by atoms with Crippen molar-refractivity contribution in [1.29, 1.82) is 5.26 Å². The number of aliphatic carboxylic acids is 2. The number of carbonyl (C=O) groups excluding carboxylic acids is 2. The van der Waals surface area contributed by atoms with Crippen LogP contribution in [0.2, 0.25) is 0 Å². The Morgan fingerprint density at radius 1 is 1.17 bits per heavy atom. The van der Waals surface area contributed by atoms with Gasteiger partial charge < -0.3 is 19.8 Å². The van der Waals surface area contributed by atoms with Gasteiger partial charge in [0.2, 0.25) is 0 Å². The minimum absolute atomic E-state index is 0. The van der Waals surface area contributed by atoms with E-state index in [2.05, 4.69) is 0 Å². The Kier molecular flexibility index (Phi) is 42.1. The zero-order valence-electron chi connectivity index (χ0n) is 6.90. The van der Waals surface area contributed by atoms with Crippen LogP contribution in [0.15, 0.2) is 0 Å². The first-order chi connectivity index (χ1) is 4.88. The molecule has 0 N–H and O–H groups in total. The zero-order chi connectivity index (χ0) is 9.86. The van der Waals surface area contributed by atoms with E-state index in [0.29, 0.717) is 0 Å². The molecule has 0 rings (SSSR count). The third kappa shape index (κ3) is 723. The first-order valence-corrected chi connectivity index (χ1v) is 2.54. The van der Waals surface area contributed by atoms with E-state index in [9.17, 15) is 0 Å². The van der Waals surface area contributed by atoms with Crippen LogP contribution in [0, 0.1) is 11.3 Å². The Balaban J connectivity index is -0.0000000389. The van der Waals surface area contributed by atoms with Crippen molar-refractivity contribution in [2.45, 2.75) is 20.8 Å². The number of carboxylic acid groups (broad SMARTS) is 2. The fourth-order valence-corrected chi connectivity index (χ4v) is 0. The summed E-state index contributed by atoms with van der Waals surface area (Å²) in [6.07, 6.45) is 0. The Labute approximate surface area is 84.7 Å². The average Bonchev–Trinajstić information content (AvgIpc) is 1.60. The monoisotopic (exact) mass is 265 g/mol. The molecule has 6 heteroatoms. The van der Waals surface area contributed by atoms with Crippen molar-refractivity contribution in [3.63, 3.8) is 0 Å². The van der Waals surface area contributed by atoms with Crippen LogP contribution in [-0.2, 0) is 30.0 Å². The van der Waals surface area contributed by atoms with Crippen molar-refractivity contribution in [2.75, 3.05) is 0 Å². The molecular weight excluding hydrogens is 256 g/mol. The molecule has 0 unspecified atom stereocenters. The first-order valence-electron chi connectivity index (χ1n) is 2.54. The van der Waals surface area contributed by atoms with Gasteiger partial charge in [-0.2, -0.15) is 5.26 Å². The van der Waals surface area contributed by atoms with Gasteiger partial charge in [0.05, 0.1) is 6.07 Å². The molecule has 0 aromatic heterocycles. The van der Waals surface area contributed by atoms with E-state index in [4.69, 9.17) is 25.1 Å². The van der Waals surface area contributed by atoms with Crippen LogP contribution >= 0.6 is 0 Å². The molecule has 12 heavy (non-hydrogen) atoms. The Hall–Kier alpha value is -0.908. The SMILES string of the molecule is CC#N.CC(=O)[O-].CC(=O)[O-].[Pd+2]. The van der Waals surface area contributed by atoms with Gasteiger partial charge in [-0.15, -0.1) is 0 Å². The number of nitriles is 1. The average molecular weight is 266 g/mol. The Morgan fingerprint density at radius 2 is 1.17 bits per heavy atom. The standard InChI is InChI=1S/C2H3N.2C2H4O2.Pd/c1-2-3;2*1-2(3)4;/h1H3;2*1H3,(H,3,4);/q;;;+2/p-2. The minimum Gasteiger partial charge on any atom is -0.550 e. The second kappa shape index (κ2) is 22.5. The maximum atomic E-state index is 8.89. The molecule has 0 saturated heterocycles. The van der Waals surface area contributed by atoms with Crippen molar-refractivity contribution in [3.05, 3.63) is 0 Å². The molecule has 0 aliphatic heterocycles. The van der Waals surface area contributed by atoms with Gasteiger partial charge in [-0.1, -0.05) is 0 Å². The molecule has 0 spiro atoms. The number of carboxylic acids is 2. The predicted octanol–water partition coefficient (Wildman–Crippen LogP) is -1.96. The topological polar surface area (TPSA) is 104 Å². The minimum atomic E-state index is -1.08. The molecular formula is C6H9NO4Pd. The summed E-state index contributed by atoms with van der Waals surface area (Å²) in [6, 6.07) is 1.75. The summed E-state index contributed by atoms with van der Waals surface area (Å²) in [5.74, 6) is -2.17. The Morgan fingerprint density at radius 3 is 1.17 bits per heavy atom. The molecule has 0 bridgehead atoms. The van der Waals surface area contributed by atoms with E-state index in [1.165, 1.54) is 6.92 Å². The molecule has 0 radical (unpaired) electrons. The molecule has 0 fully saturated rings. The van der Waals surface area contributed by atoms with Crippen molar-refractivity contribution in [1.82, 2.24) is 0 Å². The van der Waals surface area contributed by atoms with Crippen molar-refractivity contribution >= 4 is 11.9 Å². The second-order valence-corrected chi connectivity index (χ2v) is 1.21. The van der Waals surface area contributed by atoms with Gasteiger partial charge in [0.25, 0.3) is 0 Å². The van der Waals surface area contributed by atoms with Gasteiger partial charge in [0, 0.05) is 18.9 Å². The summed E-state index contributed by atoms with van der Waals surface area (Å²) in [4.78, 5) is 17.8. The summed E-state index contributed by atoms with van der Waals surface area (Å²) in [5, 5.41) is 25.1. The maximum absolute atomic E-state index is 8.89. The van der Waals surface area contributed by atoms with Crippen LogP contribution in [0.3, 0.4) is 0 Å². The van der Waals surface area contributed by atoms with Gasteiger partial charge >= 0.3 is 20.4 Å². The number of hydrogen-bond donors (Lipinski definition) is 0. The van der Waals surface area contributed by atoms with Gasteiger partial charge in [0.1, 0.15) is 0 Å². The molecule has 0 aromatic carbocycles. The van der Waals surface area contributed by atoms with Gasteiger partial charge in [0.15, 0.2) is 0 Å². The van der Waals surface area contributed by atoms with E-state index in [0.717, 1.165) is 13.8 Å². The number of hydrogen-bond acceptors (Lipinski definition) is 5. The van der Waals surface area contributed by atoms with E-state index in [-0.39, 0.29) is 20.4 Å². The number of rotatable bonds is 0. The molecule has 72 valence electrons. The van der Waals surface area contributed by atoms with Crippen LogP contribution < -0.4 is 10.2 Å². The quantitative estimate of drug-likeness (QED) is 0.473. The van der Waals surface area contributed by atoms with Crippen molar-refractivity contribution in [2.24, 2.45) is 0 Å². The van der Waals surface area contributed by atoms with E-state index < -0.39 is 11.9 Å². The molecule has 0 saturated carbocycles. The van der Waals surface area contributed by atoms with E-state index >= 15 is 0 Å². The molecule has 0 aliphatic carbocycles. The van der Waals surface area contributed by atoms with E-state index in [1.54, 1.807) is 6.07 Å². The summed E-state index contributed by atoms with van der Waals surface area (Å²) in [5.41, 5.74) is 0. The third-order valence-electron chi connectivity index (χ3n) is 0. The van der Waals surface area contributed by atoms with Gasteiger partial charge in [-0.05, 0) is 13.8 Å². The molecule has 0 atom stereocenters. The summed E-state index contributed by atoms with van der Waals surface area (Å²) < 4.78 is 0. The summed E-state index contributed by atoms with van der Waals surface area (Å²) >= 11 is 0. The first kappa shape index (κ1) is 22.5. The molecule has 5 nitrogen and oxygen atoms in total. The zero-order valence-corrected chi connectivity index (χ0v) is 8.45. The van der Waals surface area contributed by atoms with Gasteiger partial charge in [-0.25, -0.2) is 0 Å². The van der Waals surface area contributed by atoms with Crippen LogP contribution in [0.5, 0.6) is 0 Å². The fourth-order valence-electron chi connectivity index (χ4n) is 0. The van der Waals surface area contributed by atoms with E-state index in [1.807, 2.05) is 0 Å². The number of carbonyl (C=O) groups is 2. The maximum Gasteiger partial charge on any atom is 2.00 e. The second-order valence-electron chi connectivity index (χ2n) is 1.21. The fraction of sp³-hybridized carbons (Fsp3) is 0.500. The van der Waals surface area contributed by atoms with Crippen LogP contribution in [0.4, 0.5) is 0 Å². The van der Waals surface area contributed by atoms with Crippen LogP contribution in [0.1, 0.15) is 20.8 Å². The Bertz CT molecular complexity index is 132. The molecule has 0 amide bonds. The van der Waals surface area contributed by atoms with Gasteiger partial charge in [-0.3, -0.25) is 0 Å². The molecule has 0 aliphatic rings. The van der Waals surface area contributed by atoms with Crippen molar-refractivity contribution in [3.8, 4) is 6.07 Å². The third-order valence-corrected chi connectivity index (χ3v) is 0.